The molecule has 4 unspecified atom stereocenters. The van der Waals surface area contributed by atoms with Crippen molar-refractivity contribution in [1.29, 1.82) is 0 Å². The molecule has 126 valence electrons. The van der Waals surface area contributed by atoms with E-state index in [2.05, 4.69) is 5.32 Å². The first-order valence-corrected chi connectivity index (χ1v) is 7.80. The summed E-state index contributed by atoms with van der Waals surface area (Å²) in [5, 5.41) is 22.7. The standard InChI is InChI=1S/C15H25NO6/c1-8(17)5-3-4-6-21-15-13(16-9(2)18)14(20)12-10(19)7-11(12)22-15/h10-15,19-20H,3-7H2,1-2H3,(H,16,18)/t10?,11?,12-,13?,14?,15+/m0/s1. The predicted molar refractivity (Wildman–Crippen MR) is 76.9 cm³/mol. The van der Waals surface area contributed by atoms with Gasteiger partial charge in [-0.15, -0.1) is 0 Å². The summed E-state index contributed by atoms with van der Waals surface area (Å²) in [5.74, 6) is -0.522. The fourth-order valence-electron chi connectivity index (χ4n) is 3.06. The van der Waals surface area contributed by atoms with Gasteiger partial charge in [0.25, 0.3) is 0 Å². The number of hydrogen-bond acceptors (Lipinski definition) is 6. The van der Waals surface area contributed by atoms with Gasteiger partial charge in [0.15, 0.2) is 6.29 Å². The number of Topliss-reactive ketones (excluding diaryl/α,β-unsaturated/α-hetero) is 1. The molecule has 3 N–H and O–H groups in total. The predicted octanol–water partition coefficient (Wildman–Crippen LogP) is -0.266. The second-order valence-corrected chi connectivity index (χ2v) is 6.17. The summed E-state index contributed by atoms with van der Waals surface area (Å²) in [4.78, 5) is 22.2. The Morgan fingerprint density at radius 3 is 2.59 bits per heavy atom. The van der Waals surface area contributed by atoms with Crippen LogP contribution in [0.25, 0.3) is 0 Å². The molecule has 1 saturated carbocycles. The Labute approximate surface area is 130 Å². The van der Waals surface area contributed by atoms with Crippen molar-refractivity contribution in [1.82, 2.24) is 5.32 Å². The van der Waals surface area contributed by atoms with Crippen LogP contribution >= 0.6 is 0 Å². The highest BCUT2D eigenvalue weighted by Gasteiger charge is 2.55. The minimum absolute atomic E-state index is 0.145. The normalized spacial score (nSPS) is 37.1. The second kappa shape index (κ2) is 7.50. The molecule has 1 heterocycles. The van der Waals surface area contributed by atoms with Crippen molar-refractivity contribution in [3.8, 4) is 0 Å². The number of unbranched alkanes of at least 4 members (excludes halogenated alkanes) is 1. The highest BCUT2D eigenvalue weighted by Crippen LogP contribution is 2.40. The third kappa shape index (κ3) is 4.04. The quantitative estimate of drug-likeness (QED) is 0.559. The molecule has 0 aromatic rings. The number of fused-ring (bicyclic) bond motifs is 1. The molecule has 1 aliphatic heterocycles. The molecular formula is C15H25NO6. The van der Waals surface area contributed by atoms with E-state index in [9.17, 15) is 19.8 Å². The molecule has 1 saturated heterocycles. The lowest BCUT2D eigenvalue weighted by Crippen LogP contribution is -2.68. The number of carbonyl (C=O) groups excluding carboxylic acids is 2. The van der Waals surface area contributed by atoms with E-state index in [0.717, 1.165) is 6.42 Å². The second-order valence-electron chi connectivity index (χ2n) is 6.17. The molecule has 6 atom stereocenters. The van der Waals surface area contributed by atoms with Crippen molar-refractivity contribution < 1.29 is 29.3 Å². The molecule has 0 aromatic carbocycles. The van der Waals surface area contributed by atoms with E-state index in [1.54, 1.807) is 6.92 Å². The van der Waals surface area contributed by atoms with Crippen molar-refractivity contribution in [2.75, 3.05) is 6.61 Å². The van der Waals surface area contributed by atoms with Crippen LogP contribution < -0.4 is 5.32 Å². The lowest BCUT2D eigenvalue weighted by atomic mass is 9.71. The zero-order valence-electron chi connectivity index (χ0n) is 13.0. The van der Waals surface area contributed by atoms with Gasteiger partial charge in [0.1, 0.15) is 11.8 Å². The molecule has 0 radical (unpaired) electrons. The van der Waals surface area contributed by atoms with Crippen LogP contribution in [0.15, 0.2) is 0 Å². The zero-order chi connectivity index (χ0) is 16.3. The van der Waals surface area contributed by atoms with E-state index in [4.69, 9.17) is 9.47 Å². The van der Waals surface area contributed by atoms with Gasteiger partial charge in [-0.05, 0) is 19.8 Å². The number of aliphatic hydroxyl groups is 2. The average Bonchev–Trinajstić information content (AvgIpc) is 2.40. The lowest BCUT2D eigenvalue weighted by Gasteiger charge is -2.52. The maximum atomic E-state index is 11.3. The summed E-state index contributed by atoms with van der Waals surface area (Å²) in [6.07, 6.45) is -0.0369. The first-order valence-electron chi connectivity index (χ1n) is 7.80. The van der Waals surface area contributed by atoms with Gasteiger partial charge in [-0.25, -0.2) is 0 Å². The molecule has 22 heavy (non-hydrogen) atoms. The Morgan fingerprint density at radius 1 is 1.27 bits per heavy atom. The molecule has 1 aliphatic carbocycles. The number of aliphatic hydroxyl groups excluding tert-OH is 2. The molecule has 0 spiro atoms. The Balaban J connectivity index is 1.86. The van der Waals surface area contributed by atoms with Crippen LogP contribution in [0.3, 0.4) is 0 Å². The number of ether oxygens (including phenoxy) is 2. The van der Waals surface area contributed by atoms with Crippen molar-refractivity contribution in [2.45, 2.75) is 70.2 Å². The summed E-state index contributed by atoms with van der Waals surface area (Å²) < 4.78 is 11.4. The van der Waals surface area contributed by atoms with E-state index in [1.807, 2.05) is 0 Å². The van der Waals surface area contributed by atoms with Gasteiger partial charge < -0.3 is 29.8 Å². The Hall–Kier alpha value is -1.02. The molecule has 2 rings (SSSR count). The van der Waals surface area contributed by atoms with E-state index >= 15 is 0 Å². The fourth-order valence-corrected chi connectivity index (χ4v) is 3.06. The van der Waals surface area contributed by atoms with Crippen LogP contribution in [-0.4, -0.2) is 59.2 Å². The SMILES string of the molecule is CC(=O)CCCCO[C@@H]1OC2CC(O)[C@@H]2C(O)C1NC(C)=O. The number of amides is 1. The van der Waals surface area contributed by atoms with Crippen LogP contribution in [0.1, 0.15) is 39.5 Å². The molecular weight excluding hydrogens is 290 g/mol. The van der Waals surface area contributed by atoms with Crippen LogP contribution in [0.2, 0.25) is 0 Å². The van der Waals surface area contributed by atoms with Gasteiger partial charge in [0.2, 0.25) is 5.91 Å². The van der Waals surface area contributed by atoms with Gasteiger partial charge in [-0.1, -0.05) is 0 Å². The first kappa shape index (κ1) is 17.3. The topological polar surface area (TPSA) is 105 Å². The molecule has 7 heteroatoms. The van der Waals surface area contributed by atoms with E-state index < -0.39 is 24.5 Å². The molecule has 2 aliphatic rings. The van der Waals surface area contributed by atoms with Crippen molar-refractivity contribution in [2.24, 2.45) is 5.92 Å². The minimum atomic E-state index is -0.895. The van der Waals surface area contributed by atoms with Crippen molar-refractivity contribution in [3.63, 3.8) is 0 Å². The third-order valence-electron chi connectivity index (χ3n) is 4.29. The van der Waals surface area contributed by atoms with Gasteiger partial charge in [0.05, 0.1) is 18.3 Å². The summed E-state index contributed by atoms with van der Waals surface area (Å²) in [6, 6.07) is -0.693. The first-order chi connectivity index (χ1) is 10.4. The van der Waals surface area contributed by atoms with Crippen LogP contribution in [0, 0.1) is 5.92 Å². The Morgan fingerprint density at radius 2 is 2.00 bits per heavy atom. The lowest BCUT2D eigenvalue weighted by molar-refractivity contribution is -0.298. The number of ketones is 1. The van der Waals surface area contributed by atoms with Crippen LogP contribution in [-0.2, 0) is 19.1 Å². The molecule has 7 nitrogen and oxygen atoms in total. The molecule has 0 bridgehead atoms. The summed E-state index contributed by atoms with van der Waals surface area (Å²) >= 11 is 0. The van der Waals surface area contributed by atoms with Gasteiger partial charge in [-0.3, -0.25) is 4.79 Å². The van der Waals surface area contributed by atoms with E-state index in [1.165, 1.54) is 6.92 Å². The smallest absolute Gasteiger partial charge is 0.217 e. The molecule has 0 aromatic heterocycles. The highest BCUT2D eigenvalue weighted by atomic mass is 16.7. The van der Waals surface area contributed by atoms with E-state index in [0.29, 0.717) is 25.9 Å². The third-order valence-corrected chi connectivity index (χ3v) is 4.29. The summed E-state index contributed by atoms with van der Waals surface area (Å²) in [5.41, 5.74) is 0. The average molecular weight is 315 g/mol. The molecule has 1 amide bonds. The number of carbonyl (C=O) groups is 2. The monoisotopic (exact) mass is 315 g/mol. The van der Waals surface area contributed by atoms with Crippen molar-refractivity contribution >= 4 is 11.7 Å². The van der Waals surface area contributed by atoms with E-state index in [-0.39, 0.29) is 23.7 Å². The van der Waals surface area contributed by atoms with Crippen molar-refractivity contribution in [3.05, 3.63) is 0 Å². The number of nitrogens with one attached hydrogen (secondary N) is 1. The van der Waals surface area contributed by atoms with Gasteiger partial charge >= 0.3 is 0 Å². The Kier molecular flexibility index (Phi) is 5.91. The maximum absolute atomic E-state index is 11.3. The number of rotatable bonds is 7. The van der Waals surface area contributed by atoms with Gasteiger partial charge in [-0.2, -0.15) is 0 Å². The Bertz CT molecular complexity index is 415. The zero-order valence-corrected chi connectivity index (χ0v) is 13.0. The fraction of sp³-hybridized carbons (Fsp3) is 0.867. The van der Waals surface area contributed by atoms with Crippen LogP contribution in [0.4, 0.5) is 0 Å². The van der Waals surface area contributed by atoms with Gasteiger partial charge in [0, 0.05) is 32.3 Å². The largest absolute Gasteiger partial charge is 0.393 e. The molecule has 2 fully saturated rings. The highest BCUT2D eigenvalue weighted by molar-refractivity contribution is 5.75. The number of hydrogen-bond donors (Lipinski definition) is 3. The van der Waals surface area contributed by atoms with Crippen LogP contribution in [0.5, 0.6) is 0 Å². The maximum Gasteiger partial charge on any atom is 0.217 e. The summed E-state index contributed by atoms with van der Waals surface area (Å²) in [7, 11) is 0. The summed E-state index contributed by atoms with van der Waals surface area (Å²) in [6.45, 7) is 3.30. The minimum Gasteiger partial charge on any atom is -0.393 e.